The van der Waals surface area contributed by atoms with Gasteiger partial charge < -0.3 is 14.2 Å². The lowest BCUT2D eigenvalue weighted by Gasteiger charge is -2.11. The molecule has 1 aliphatic heterocycles. The van der Waals surface area contributed by atoms with Gasteiger partial charge in [-0.2, -0.15) is 0 Å². The first-order chi connectivity index (χ1) is 6.81. The van der Waals surface area contributed by atoms with E-state index in [2.05, 4.69) is 20.9 Å². The molecule has 0 unspecified atom stereocenters. The standard InChI is InChI=1S/C9H10BrNO3/c1-12-8-4-6(7(10)5-11-8)9-13-2-3-14-9/h4-5,9H,2-3H2,1H3. The maximum atomic E-state index is 5.38. The molecule has 0 bridgehead atoms. The molecule has 5 heteroatoms. The van der Waals surface area contributed by atoms with E-state index in [4.69, 9.17) is 14.2 Å². The Morgan fingerprint density at radius 1 is 1.50 bits per heavy atom. The summed E-state index contributed by atoms with van der Waals surface area (Å²) >= 11 is 3.39. The summed E-state index contributed by atoms with van der Waals surface area (Å²) in [6.07, 6.45) is 1.38. The minimum Gasteiger partial charge on any atom is -0.481 e. The molecule has 0 N–H and O–H groups in total. The highest BCUT2D eigenvalue weighted by Crippen LogP contribution is 2.31. The van der Waals surface area contributed by atoms with Gasteiger partial charge in [-0.1, -0.05) is 0 Å². The van der Waals surface area contributed by atoms with Gasteiger partial charge in [0.25, 0.3) is 0 Å². The van der Waals surface area contributed by atoms with Gasteiger partial charge in [-0.25, -0.2) is 4.98 Å². The molecule has 0 radical (unpaired) electrons. The predicted molar refractivity (Wildman–Crippen MR) is 53.1 cm³/mol. The molecule has 0 spiro atoms. The van der Waals surface area contributed by atoms with Gasteiger partial charge in [0.05, 0.1) is 20.3 Å². The number of rotatable bonds is 2. The van der Waals surface area contributed by atoms with E-state index in [-0.39, 0.29) is 6.29 Å². The van der Waals surface area contributed by atoms with E-state index in [1.165, 1.54) is 0 Å². The summed E-state index contributed by atoms with van der Waals surface area (Å²) < 4.78 is 16.7. The van der Waals surface area contributed by atoms with E-state index < -0.39 is 0 Å². The monoisotopic (exact) mass is 259 g/mol. The Morgan fingerprint density at radius 3 is 2.86 bits per heavy atom. The molecular formula is C9H10BrNO3. The minimum absolute atomic E-state index is 0.304. The maximum Gasteiger partial charge on any atom is 0.213 e. The summed E-state index contributed by atoms with van der Waals surface area (Å²) in [5, 5.41) is 0. The largest absolute Gasteiger partial charge is 0.481 e. The number of halogens is 1. The number of methoxy groups -OCH3 is 1. The zero-order valence-corrected chi connectivity index (χ0v) is 9.28. The van der Waals surface area contributed by atoms with Crippen LogP contribution in [0.5, 0.6) is 5.88 Å². The van der Waals surface area contributed by atoms with Crippen LogP contribution in [-0.4, -0.2) is 25.3 Å². The zero-order valence-electron chi connectivity index (χ0n) is 7.70. The van der Waals surface area contributed by atoms with Crippen LogP contribution in [0, 0.1) is 0 Å². The zero-order chi connectivity index (χ0) is 9.97. The molecule has 0 atom stereocenters. The predicted octanol–water partition coefficient (Wildman–Crippen LogP) is 1.90. The lowest BCUT2D eigenvalue weighted by atomic mass is 10.2. The van der Waals surface area contributed by atoms with Gasteiger partial charge in [-0.15, -0.1) is 0 Å². The molecular weight excluding hydrogens is 250 g/mol. The number of hydrogen-bond acceptors (Lipinski definition) is 4. The lowest BCUT2D eigenvalue weighted by Crippen LogP contribution is -2.00. The number of pyridine rings is 1. The van der Waals surface area contributed by atoms with Crippen LogP contribution in [0.3, 0.4) is 0 Å². The van der Waals surface area contributed by atoms with Gasteiger partial charge in [0.1, 0.15) is 0 Å². The minimum atomic E-state index is -0.304. The molecule has 1 saturated heterocycles. The van der Waals surface area contributed by atoms with Crippen molar-refractivity contribution < 1.29 is 14.2 Å². The fraction of sp³-hybridized carbons (Fsp3) is 0.444. The molecule has 0 saturated carbocycles. The van der Waals surface area contributed by atoms with Crippen LogP contribution in [-0.2, 0) is 9.47 Å². The van der Waals surface area contributed by atoms with Crippen LogP contribution < -0.4 is 4.74 Å². The summed E-state index contributed by atoms with van der Waals surface area (Å²) in [5.74, 6) is 0.558. The van der Waals surface area contributed by atoms with E-state index in [1.54, 1.807) is 19.4 Å². The maximum absolute atomic E-state index is 5.38. The van der Waals surface area contributed by atoms with Crippen LogP contribution in [0.15, 0.2) is 16.7 Å². The highest BCUT2D eigenvalue weighted by atomic mass is 79.9. The summed E-state index contributed by atoms with van der Waals surface area (Å²) in [6.45, 7) is 1.25. The molecule has 14 heavy (non-hydrogen) atoms. The van der Waals surface area contributed by atoms with Crippen molar-refractivity contribution in [1.82, 2.24) is 4.98 Å². The van der Waals surface area contributed by atoms with E-state index in [9.17, 15) is 0 Å². The van der Waals surface area contributed by atoms with E-state index in [0.717, 1.165) is 10.0 Å². The van der Waals surface area contributed by atoms with Crippen LogP contribution in [0.4, 0.5) is 0 Å². The average molecular weight is 260 g/mol. The van der Waals surface area contributed by atoms with Gasteiger partial charge in [0.15, 0.2) is 6.29 Å². The first-order valence-corrected chi connectivity index (χ1v) is 5.03. The van der Waals surface area contributed by atoms with Crippen LogP contribution in [0.2, 0.25) is 0 Å². The lowest BCUT2D eigenvalue weighted by molar-refractivity contribution is -0.0448. The van der Waals surface area contributed by atoms with Crippen LogP contribution in [0.25, 0.3) is 0 Å². The van der Waals surface area contributed by atoms with Crippen molar-refractivity contribution in [2.75, 3.05) is 20.3 Å². The highest BCUT2D eigenvalue weighted by molar-refractivity contribution is 9.10. The Kier molecular flexibility index (Phi) is 3.00. The van der Waals surface area contributed by atoms with Gasteiger partial charge in [0.2, 0.25) is 5.88 Å². The third-order valence-corrected chi connectivity index (χ3v) is 2.61. The van der Waals surface area contributed by atoms with E-state index in [0.29, 0.717) is 19.1 Å². The number of ether oxygens (including phenoxy) is 3. The van der Waals surface area contributed by atoms with E-state index in [1.807, 2.05) is 0 Å². The molecule has 2 heterocycles. The summed E-state index contributed by atoms with van der Waals surface area (Å²) in [5.41, 5.74) is 0.911. The summed E-state index contributed by atoms with van der Waals surface area (Å²) in [4.78, 5) is 4.05. The Morgan fingerprint density at radius 2 is 2.21 bits per heavy atom. The second kappa shape index (κ2) is 4.25. The van der Waals surface area contributed by atoms with Gasteiger partial charge in [0, 0.05) is 22.3 Å². The van der Waals surface area contributed by atoms with Crippen molar-refractivity contribution in [3.8, 4) is 5.88 Å². The Hall–Kier alpha value is -0.650. The first kappa shape index (κ1) is 9.89. The Bertz CT molecular complexity index is 326. The van der Waals surface area contributed by atoms with Crippen molar-refractivity contribution in [2.24, 2.45) is 0 Å². The SMILES string of the molecule is COc1cc(C2OCCO2)c(Br)cn1. The smallest absolute Gasteiger partial charge is 0.213 e. The molecule has 4 nitrogen and oxygen atoms in total. The number of nitrogens with zero attached hydrogens (tertiary/aromatic N) is 1. The van der Waals surface area contributed by atoms with Gasteiger partial charge in [-0.3, -0.25) is 0 Å². The molecule has 0 aromatic carbocycles. The first-order valence-electron chi connectivity index (χ1n) is 4.24. The van der Waals surface area contributed by atoms with Crippen molar-refractivity contribution in [2.45, 2.75) is 6.29 Å². The number of aromatic nitrogens is 1. The highest BCUT2D eigenvalue weighted by Gasteiger charge is 2.21. The second-order valence-electron chi connectivity index (χ2n) is 2.82. The molecule has 0 amide bonds. The Balaban J connectivity index is 2.29. The quantitative estimate of drug-likeness (QED) is 0.814. The molecule has 0 aliphatic carbocycles. The summed E-state index contributed by atoms with van der Waals surface area (Å²) in [7, 11) is 1.58. The third kappa shape index (κ3) is 1.89. The van der Waals surface area contributed by atoms with E-state index >= 15 is 0 Å². The van der Waals surface area contributed by atoms with Crippen molar-refractivity contribution in [1.29, 1.82) is 0 Å². The molecule has 76 valence electrons. The fourth-order valence-corrected chi connectivity index (χ4v) is 1.67. The van der Waals surface area contributed by atoms with Gasteiger partial charge in [-0.05, 0) is 15.9 Å². The van der Waals surface area contributed by atoms with Crippen LogP contribution in [0.1, 0.15) is 11.9 Å². The van der Waals surface area contributed by atoms with Crippen LogP contribution >= 0.6 is 15.9 Å². The van der Waals surface area contributed by atoms with Gasteiger partial charge >= 0.3 is 0 Å². The average Bonchev–Trinajstić information content (AvgIpc) is 2.71. The summed E-state index contributed by atoms with van der Waals surface area (Å²) in [6, 6.07) is 1.81. The van der Waals surface area contributed by atoms with Crippen molar-refractivity contribution >= 4 is 15.9 Å². The normalized spacial score (nSPS) is 17.3. The third-order valence-electron chi connectivity index (χ3n) is 1.94. The molecule has 2 rings (SSSR count). The second-order valence-corrected chi connectivity index (χ2v) is 3.68. The number of hydrogen-bond donors (Lipinski definition) is 0. The molecule has 1 fully saturated rings. The van der Waals surface area contributed by atoms with Crippen molar-refractivity contribution in [3.05, 3.63) is 22.3 Å². The Labute approximate surface area is 90.3 Å². The molecule has 1 aromatic heterocycles. The topological polar surface area (TPSA) is 40.6 Å². The molecule has 1 aromatic rings. The fourth-order valence-electron chi connectivity index (χ4n) is 1.26. The van der Waals surface area contributed by atoms with Crippen molar-refractivity contribution in [3.63, 3.8) is 0 Å². The molecule has 1 aliphatic rings.